The summed E-state index contributed by atoms with van der Waals surface area (Å²) in [6.07, 6.45) is 0. The summed E-state index contributed by atoms with van der Waals surface area (Å²) in [5.41, 5.74) is 17.8. The summed E-state index contributed by atoms with van der Waals surface area (Å²) < 4.78 is 4.75. The van der Waals surface area contributed by atoms with Gasteiger partial charge in [0.25, 0.3) is 0 Å². The fourth-order valence-electron chi connectivity index (χ4n) is 10.5. The van der Waals surface area contributed by atoms with E-state index in [1.165, 1.54) is 0 Å². The van der Waals surface area contributed by atoms with E-state index in [1.807, 2.05) is 84.9 Å². The van der Waals surface area contributed by atoms with Crippen molar-refractivity contribution in [3.8, 4) is 90.8 Å². The highest BCUT2D eigenvalue weighted by Crippen LogP contribution is 2.44. The normalized spacial score (nSPS) is 11.3. The summed E-state index contributed by atoms with van der Waals surface area (Å²) in [5.74, 6) is 0.616. The van der Waals surface area contributed by atoms with E-state index >= 15 is 0 Å². The minimum Gasteiger partial charge on any atom is -0.309 e. The molecule has 0 radical (unpaired) electrons. The van der Waals surface area contributed by atoms with E-state index in [2.05, 4.69) is 179 Å². The molecule has 0 aliphatic carbocycles. The van der Waals surface area contributed by atoms with E-state index in [0.29, 0.717) is 17.0 Å². The molecule has 0 spiro atoms. The molecule has 6 heteroatoms. The Bertz CT molecular complexity index is 4300. The van der Waals surface area contributed by atoms with Crippen LogP contribution in [0.5, 0.6) is 0 Å². The Morgan fingerprint density at radius 3 is 1.24 bits per heavy atom. The number of rotatable bonds is 8. The summed E-state index contributed by atoms with van der Waals surface area (Å²) in [4.78, 5) is 10.6. The predicted molar refractivity (Wildman–Crippen MR) is 293 cm³/mol. The lowest BCUT2D eigenvalue weighted by molar-refractivity contribution is 1.15. The van der Waals surface area contributed by atoms with Crippen LogP contribution in [0.3, 0.4) is 0 Å². The van der Waals surface area contributed by atoms with Gasteiger partial charge in [-0.1, -0.05) is 164 Å². The van der Waals surface area contributed by atoms with Crippen LogP contribution in [0, 0.1) is 22.7 Å². The fourth-order valence-corrected chi connectivity index (χ4v) is 10.5. The van der Waals surface area contributed by atoms with Gasteiger partial charge in [0, 0.05) is 49.4 Å². The first-order chi connectivity index (χ1) is 35.6. The van der Waals surface area contributed by atoms with Crippen molar-refractivity contribution >= 4 is 43.6 Å². The number of hydrogen-bond acceptors (Lipinski definition) is 4. The van der Waals surface area contributed by atoms with Gasteiger partial charge in [-0.2, -0.15) is 10.5 Å². The maximum atomic E-state index is 10.1. The quantitative estimate of drug-likeness (QED) is 0.152. The highest BCUT2D eigenvalue weighted by atomic mass is 15.0. The first-order valence-corrected chi connectivity index (χ1v) is 23.9. The second-order valence-electron chi connectivity index (χ2n) is 17.9. The van der Waals surface area contributed by atoms with Crippen molar-refractivity contribution in [2.24, 2.45) is 0 Å². The molecule has 10 aromatic carbocycles. The van der Waals surface area contributed by atoms with Gasteiger partial charge < -0.3 is 9.13 Å². The van der Waals surface area contributed by atoms with Gasteiger partial charge in [-0.05, 0) is 101 Å². The van der Waals surface area contributed by atoms with Gasteiger partial charge in [0.05, 0.1) is 68.1 Å². The zero-order chi connectivity index (χ0) is 48.1. The van der Waals surface area contributed by atoms with Crippen LogP contribution in [0.4, 0.5) is 0 Å². The topological polar surface area (TPSA) is 83.2 Å². The molecule has 72 heavy (non-hydrogen) atoms. The molecule has 3 heterocycles. The third-order valence-electron chi connectivity index (χ3n) is 13.9. The molecule has 3 aromatic heterocycles. The Morgan fingerprint density at radius 2 is 0.708 bits per heavy atom. The summed E-state index contributed by atoms with van der Waals surface area (Å²) >= 11 is 0. The molecule has 0 amide bonds. The van der Waals surface area contributed by atoms with Crippen molar-refractivity contribution in [2.45, 2.75) is 0 Å². The number of hydrogen-bond donors (Lipinski definition) is 0. The van der Waals surface area contributed by atoms with Crippen molar-refractivity contribution in [2.75, 3.05) is 0 Å². The van der Waals surface area contributed by atoms with Crippen molar-refractivity contribution < 1.29 is 0 Å². The molecule has 0 atom stereocenters. The first-order valence-electron chi connectivity index (χ1n) is 23.9. The van der Waals surface area contributed by atoms with E-state index < -0.39 is 0 Å². The summed E-state index contributed by atoms with van der Waals surface area (Å²) in [5, 5.41) is 24.6. The molecule has 6 nitrogen and oxygen atoms in total. The molecule has 0 bridgehead atoms. The molecule has 0 aliphatic heterocycles. The second-order valence-corrected chi connectivity index (χ2v) is 17.9. The number of benzene rings is 10. The van der Waals surface area contributed by atoms with Crippen LogP contribution in [-0.4, -0.2) is 19.1 Å². The molecule has 13 aromatic rings. The summed E-state index contributed by atoms with van der Waals surface area (Å²) in [6, 6.07) is 88.6. The average molecular weight is 917 g/mol. The Balaban J connectivity index is 1.09. The summed E-state index contributed by atoms with van der Waals surface area (Å²) in [7, 11) is 0. The van der Waals surface area contributed by atoms with E-state index in [0.717, 1.165) is 116 Å². The SMILES string of the molecule is N#Cc1ccccc1-c1ccc2c(c1)c1ccccc1n2-c1ccccc1-c1cc(-c2nc(-c3ccccc3)cc(-c3ccccc3)n2)ccc1-n1c2ccccc2c2cc(-c3ccccc3C#N)ccc21. The third kappa shape index (κ3) is 7.02. The van der Waals surface area contributed by atoms with Crippen molar-refractivity contribution in [1.29, 1.82) is 10.5 Å². The minimum atomic E-state index is 0.616. The maximum Gasteiger partial charge on any atom is 0.160 e. The van der Waals surface area contributed by atoms with Gasteiger partial charge in [0.2, 0.25) is 0 Å². The lowest BCUT2D eigenvalue weighted by Gasteiger charge is -2.20. The first kappa shape index (κ1) is 42.0. The van der Waals surface area contributed by atoms with Crippen LogP contribution >= 0.6 is 0 Å². The van der Waals surface area contributed by atoms with Crippen LogP contribution in [-0.2, 0) is 0 Å². The lowest BCUT2D eigenvalue weighted by atomic mass is 9.97. The van der Waals surface area contributed by atoms with Crippen LogP contribution in [0.25, 0.3) is 122 Å². The van der Waals surface area contributed by atoms with E-state index in [4.69, 9.17) is 9.97 Å². The van der Waals surface area contributed by atoms with Crippen LogP contribution in [0.15, 0.2) is 243 Å². The van der Waals surface area contributed by atoms with E-state index in [-0.39, 0.29) is 0 Å². The van der Waals surface area contributed by atoms with Crippen LogP contribution in [0.2, 0.25) is 0 Å². The number of nitriles is 2. The zero-order valence-corrected chi connectivity index (χ0v) is 38.8. The van der Waals surface area contributed by atoms with E-state index in [9.17, 15) is 10.5 Å². The fraction of sp³-hybridized carbons (Fsp3) is 0. The van der Waals surface area contributed by atoms with Gasteiger partial charge in [0.1, 0.15) is 0 Å². The molecule has 334 valence electrons. The average Bonchev–Trinajstić information content (AvgIpc) is 3.97. The number of fused-ring (bicyclic) bond motifs is 6. The zero-order valence-electron chi connectivity index (χ0n) is 38.8. The van der Waals surface area contributed by atoms with Crippen molar-refractivity contribution in [3.63, 3.8) is 0 Å². The molecule has 0 saturated carbocycles. The molecular formula is C66H40N6. The molecule has 0 unspecified atom stereocenters. The Hall–Kier alpha value is -10.1. The number of nitrogens with zero attached hydrogens (tertiary/aromatic N) is 6. The van der Waals surface area contributed by atoms with Gasteiger partial charge >= 0.3 is 0 Å². The summed E-state index contributed by atoms with van der Waals surface area (Å²) in [6.45, 7) is 0. The third-order valence-corrected chi connectivity index (χ3v) is 13.9. The Kier molecular flexibility index (Phi) is 10.2. The van der Waals surface area contributed by atoms with Crippen molar-refractivity contribution in [1.82, 2.24) is 19.1 Å². The molecule has 0 fully saturated rings. The van der Waals surface area contributed by atoms with Crippen molar-refractivity contribution in [3.05, 3.63) is 254 Å². The molecule has 0 saturated heterocycles. The standard InChI is InChI=1S/C66H40N6/c67-41-48-21-7-9-23-50(48)45-31-34-63-55(37-45)52-25-11-14-28-60(52)71(63)61-29-15-13-27-54(61)57-39-47(66-69-58(43-17-3-1-4-18-43)40-59(70-66)44-19-5-2-6-20-44)33-36-65(57)72-62-30-16-12-26-53(62)56-38-46(32-35-64(56)72)51-24-10-8-22-49(51)42-68/h1-40H. The Morgan fingerprint density at radius 1 is 0.292 bits per heavy atom. The predicted octanol–water partition coefficient (Wildman–Crippen LogP) is 16.4. The largest absolute Gasteiger partial charge is 0.309 e. The number of aromatic nitrogens is 4. The molecular weight excluding hydrogens is 877 g/mol. The van der Waals surface area contributed by atoms with Gasteiger partial charge in [-0.15, -0.1) is 0 Å². The van der Waals surface area contributed by atoms with Crippen LogP contribution < -0.4 is 0 Å². The monoisotopic (exact) mass is 916 g/mol. The highest BCUT2D eigenvalue weighted by molar-refractivity contribution is 6.13. The van der Waals surface area contributed by atoms with Crippen LogP contribution in [0.1, 0.15) is 11.1 Å². The number of para-hydroxylation sites is 3. The van der Waals surface area contributed by atoms with Gasteiger partial charge in [-0.25, -0.2) is 9.97 Å². The smallest absolute Gasteiger partial charge is 0.160 e. The highest BCUT2D eigenvalue weighted by Gasteiger charge is 2.23. The molecule has 0 N–H and O–H groups in total. The lowest BCUT2D eigenvalue weighted by Crippen LogP contribution is -2.03. The van der Waals surface area contributed by atoms with Gasteiger partial charge in [0.15, 0.2) is 5.82 Å². The second kappa shape index (κ2) is 17.4. The molecule has 0 aliphatic rings. The van der Waals surface area contributed by atoms with Gasteiger partial charge in [-0.3, -0.25) is 0 Å². The Labute approximate surface area is 415 Å². The van der Waals surface area contributed by atoms with E-state index in [1.54, 1.807) is 0 Å². The molecule has 13 rings (SSSR count). The maximum absolute atomic E-state index is 10.1. The minimum absolute atomic E-state index is 0.616.